The second kappa shape index (κ2) is 9.07. The number of esters is 1. The predicted molar refractivity (Wildman–Crippen MR) is 110 cm³/mol. The number of H-pyrrole nitrogens is 1. The highest BCUT2D eigenvalue weighted by Gasteiger charge is 2.17. The Hall–Kier alpha value is -2.90. The highest BCUT2D eigenvalue weighted by Crippen LogP contribution is 2.36. The Morgan fingerprint density at radius 1 is 1.07 bits per heavy atom. The van der Waals surface area contributed by atoms with Crippen LogP contribution in [0.1, 0.15) is 16.1 Å². The van der Waals surface area contributed by atoms with Gasteiger partial charge in [0.25, 0.3) is 5.91 Å². The van der Waals surface area contributed by atoms with Gasteiger partial charge in [-0.3, -0.25) is 4.79 Å². The van der Waals surface area contributed by atoms with Gasteiger partial charge in [-0.2, -0.15) is 0 Å². The predicted octanol–water partition coefficient (Wildman–Crippen LogP) is 3.97. The zero-order valence-corrected chi connectivity index (χ0v) is 17.2. The van der Waals surface area contributed by atoms with Crippen molar-refractivity contribution in [3.05, 3.63) is 57.7 Å². The fraction of sp³-hybridized carbons (Fsp3) is 0.200. The molecule has 152 valence electrons. The molecule has 0 unspecified atom stereocenters. The summed E-state index contributed by atoms with van der Waals surface area (Å²) in [5.74, 6) is -0.0596. The maximum atomic E-state index is 12.2. The Balaban J connectivity index is 1.71. The van der Waals surface area contributed by atoms with Gasteiger partial charge < -0.3 is 24.5 Å². The summed E-state index contributed by atoms with van der Waals surface area (Å²) in [6, 6.07) is 10.1. The number of fused-ring (bicyclic) bond motifs is 1. The molecule has 7 nitrogen and oxygen atoms in total. The van der Waals surface area contributed by atoms with Crippen molar-refractivity contribution in [3.63, 3.8) is 0 Å². The maximum absolute atomic E-state index is 12.2. The second-order valence-electron chi connectivity index (χ2n) is 6.05. The van der Waals surface area contributed by atoms with Crippen molar-refractivity contribution in [1.82, 2.24) is 10.3 Å². The molecule has 0 radical (unpaired) electrons. The van der Waals surface area contributed by atoms with Gasteiger partial charge in [0.15, 0.2) is 18.1 Å². The van der Waals surface area contributed by atoms with Crippen LogP contribution in [0.2, 0.25) is 10.0 Å². The van der Waals surface area contributed by atoms with Crippen LogP contribution in [0.25, 0.3) is 10.9 Å². The van der Waals surface area contributed by atoms with Crippen molar-refractivity contribution in [2.75, 3.05) is 20.8 Å². The fourth-order valence-corrected chi connectivity index (χ4v) is 3.05. The number of nitrogens with one attached hydrogen (secondary N) is 2. The molecule has 2 N–H and O–H groups in total. The molecule has 0 bridgehead atoms. The monoisotopic (exact) mass is 436 g/mol. The normalized spacial score (nSPS) is 10.6. The first-order valence-corrected chi connectivity index (χ1v) is 9.30. The van der Waals surface area contributed by atoms with Crippen molar-refractivity contribution in [2.45, 2.75) is 6.54 Å². The lowest BCUT2D eigenvalue weighted by atomic mass is 10.2. The number of carbonyl (C=O) groups is 2. The topological polar surface area (TPSA) is 89.7 Å². The number of rotatable bonds is 7. The van der Waals surface area contributed by atoms with Crippen molar-refractivity contribution in [2.24, 2.45) is 0 Å². The number of halogens is 2. The molecule has 0 spiro atoms. The number of ether oxygens (including phenoxy) is 3. The average molecular weight is 437 g/mol. The minimum atomic E-state index is -0.509. The second-order valence-corrected chi connectivity index (χ2v) is 6.86. The van der Waals surface area contributed by atoms with E-state index in [1.54, 1.807) is 36.4 Å². The lowest BCUT2D eigenvalue weighted by Gasteiger charge is -2.12. The highest BCUT2D eigenvalue weighted by atomic mass is 35.5. The minimum Gasteiger partial charge on any atom is -0.493 e. The molecule has 1 heterocycles. The van der Waals surface area contributed by atoms with Crippen molar-refractivity contribution >= 4 is 46.0 Å². The standard InChI is InChI=1S/C20H18Cl2N2O5/c1-27-17-6-5-15-12(8-16(24-15)20(26)28-2)19(17)29-10-18(25)23-9-11-3-4-13(21)14(22)7-11/h3-8,24H,9-10H2,1-2H3,(H,23,25). The number of methoxy groups -OCH3 is 2. The van der Waals surface area contributed by atoms with E-state index in [4.69, 9.17) is 37.4 Å². The van der Waals surface area contributed by atoms with Crippen LogP contribution in [0.15, 0.2) is 36.4 Å². The minimum absolute atomic E-state index is 0.241. The van der Waals surface area contributed by atoms with Crippen LogP contribution >= 0.6 is 23.2 Å². The molecule has 3 rings (SSSR count). The molecule has 0 aliphatic rings. The zero-order valence-electron chi connectivity index (χ0n) is 15.7. The summed E-state index contributed by atoms with van der Waals surface area (Å²) < 4.78 is 15.8. The van der Waals surface area contributed by atoms with Gasteiger partial charge in [0.05, 0.1) is 29.8 Å². The third-order valence-electron chi connectivity index (χ3n) is 4.16. The molecule has 29 heavy (non-hydrogen) atoms. The highest BCUT2D eigenvalue weighted by molar-refractivity contribution is 6.42. The average Bonchev–Trinajstić information content (AvgIpc) is 3.16. The van der Waals surface area contributed by atoms with Gasteiger partial charge >= 0.3 is 5.97 Å². The van der Waals surface area contributed by atoms with Crippen LogP contribution < -0.4 is 14.8 Å². The van der Waals surface area contributed by atoms with Crippen LogP contribution in [0, 0.1) is 0 Å². The molecular weight excluding hydrogens is 419 g/mol. The molecule has 2 aromatic carbocycles. The van der Waals surface area contributed by atoms with Gasteiger partial charge in [-0.05, 0) is 35.9 Å². The number of hydrogen-bond acceptors (Lipinski definition) is 5. The van der Waals surface area contributed by atoms with Gasteiger partial charge in [0, 0.05) is 11.9 Å². The maximum Gasteiger partial charge on any atom is 0.354 e. The Kier molecular flexibility index (Phi) is 6.51. The zero-order chi connectivity index (χ0) is 21.0. The van der Waals surface area contributed by atoms with E-state index in [0.717, 1.165) is 5.56 Å². The molecule has 0 atom stereocenters. The number of amides is 1. The summed E-state index contributed by atoms with van der Waals surface area (Å²) in [5.41, 5.74) is 1.72. The van der Waals surface area contributed by atoms with E-state index >= 15 is 0 Å². The smallest absolute Gasteiger partial charge is 0.354 e. The van der Waals surface area contributed by atoms with Crippen LogP contribution in [0.5, 0.6) is 11.5 Å². The molecular formula is C20H18Cl2N2O5. The van der Waals surface area contributed by atoms with Gasteiger partial charge in [-0.1, -0.05) is 29.3 Å². The molecule has 3 aromatic rings. The van der Waals surface area contributed by atoms with Gasteiger partial charge in [-0.25, -0.2) is 4.79 Å². The van der Waals surface area contributed by atoms with E-state index in [0.29, 0.717) is 32.4 Å². The summed E-state index contributed by atoms with van der Waals surface area (Å²) in [7, 11) is 2.79. The lowest BCUT2D eigenvalue weighted by Crippen LogP contribution is -2.28. The Morgan fingerprint density at radius 2 is 1.86 bits per heavy atom. The van der Waals surface area contributed by atoms with Crippen LogP contribution in [0.4, 0.5) is 0 Å². The molecule has 1 amide bonds. The number of aromatic amines is 1. The lowest BCUT2D eigenvalue weighted by molar-refractivity contribution is -0.123. The van der Waals surface area contributed by atoms with Crippen LogP contribution in [0.3, 0.4) is 0 Å². The molecule has 0 fully saturated rings. The number of aromatic nitrogens is 1. The fourth-order valence-electron chi connectivity index (χ4n) is 2.73. The molecule has 1 aromatic heterocycles. The largest absolute Gasteiger partial charge is 0.493 e. The van der Waals surface area contributed by atoms with E-state index in [2.05, 4.69) is 10.3 Å². The van der Waals surface area contributed by atoms with E-state index in [-0.39, 0.29) is 24.8 Å². The molecule has 0 saturated heterocycles. The number of hydrogen-bond donors (Lipinski definition) is 2. The number of carbonyl (C=O) groups excluding carboxylic acids is 2. The molecule has 9 heteroatoms. The summed E-state index contributed by atoms with van der Waals surface area (Å²) in [5, 5.41) is 4.21. The third-order valence-corrected chi connectivity index (χ3v) is 4.90. The molecule has 0 aliphatic heterocycles. The van der Waals surface area contributed by atoms with Crippen molar-refractivity contribution < 1.29 is 23.8 Å². The Morgan fingerprint density at radius 3 is 2.55 bits per heavy atom. The third kappa shape index (κ3) is 4.75. The van der Waals surface area contributed by atoms with E-state index in [1.165, 1.54) is 14.2 Å². The first kappa shape index (κ1) is 20.8. The van der Waals surface area contributed by atoms with Crippen LogP contribution in [-0.2, 0) is 16.1 Å². The van der Waals surface area contributed by atoms with E-state index in [1.807, 2.05) is 0 Å². The summed E-state index contributed by atoms with van der Waals surface area (Å²) in [4.78, 5) is 26.9. The van der Waals surface area contributed by atoms with Gasteiger partial charge in [0.2, 0.25) is 0 Å². The summed E-state index contributed by atoms with van der Waals surface area (Å²) in [6.45, 7) is 0.0343. The SMILES string of the molecule is COC(=O)c1cc2c(OCC(=O)NCc3ccc(Cl)c(Cl)c3)c(OC)ccc2[nH]1. The quantitative estimate of drug-likeness (QED) is 0.546. The first-order valence-electron chi connectivity index (χ1n) is 8.54. The van der Waals surface area contributed by atoms with E-state index in [9.17, 15) is 9.59 Å². The molecule has 0 aliphatic carbocycles. The van der Waals surface area contributed by atoms with Crippen LogP contribution in [-0.4, -0.2) is 37.7 Å². The van der Waals surface area contributed by atoms with E-state index < -0.39 is 5.97 Å². The van der Waals surface area contributed by atoms with Gasteiger partial charge in [0.1, 0.15) is 5.69 Å². The van der Waals surface area contributed by atoms with Crippen molar-refractivity contribution in [1.29, 1.82) is 0 Å². The first-order chi connectivity index (χ1) is 13.9. The Bertz CT molecular complexity index is 1060. The van der Waals surface area contributed by atoms with Crippen molar-refractivity contribution in [3.8, 4) is 11.5 Å². The van der Waals surface area contributed by atoms with Gasteiger partial charge in [-0.15, -0.1) is 0 Å². The number of benzene rings is 2. The summed E-state index contributed by atoms with van der Waals surface area (Å²) >= 11 is 11.9. The Labute approximate surface area is 176 Å². The molecule has 0 saturated carbocycles. The summed E-state index contributed by atoms with van der Waals surface area (Å²) in [6.07, 6.45) is 0.